The molecule has 3 heterocycles. The van der Waals surface area contributed by atoms with E-state index in [2.05, 4.69) is 25.7 Å². The van der Waals surface area contributed by atoms with Crippen LogP contribution >= 0.6 is 0 Å². The van der Waals surface area contributed by atoms with Crippen molar-refractivity contribution in [1.29, 1.82) is 0 Å². The van der Waals surface area contributed by atoms with Crippen LogP contribution in [0.3, 0.4) is 0 Å². The number of β-amino-alcohol motifs (C(OH)–C–C–N with tert-alkyl or cyclic N) is 1. The molecule has 3 aromatic rings. The Balaban J connectivity index is 1.57. The SMILES string of the molecule is Cc1c(CCC(=O)N2CCN(CCO)CC2)c(=O)oc2cc3occ(C(C)(C)C)c3cc12. The Bertz CT molecular complexity index is 1190. The van der Waals surface area contributed by atoms with Gasteiger partial charge in [0.05, 0.1) is 12.9 Å². The van der Waals surface area contributed by atoms with E-state index in [1.165, 1.54) is 0 Å². The lowest BCUT2D eigenvalue weighted by Crippen LogP contribution is -2.49. The monoisotopic (exact) mass is 440 g/mol. The molecule has 7 nitrogen and oxygen atoms in total. The molecule has 0 atom stereocenters. The molecule has 7 heteroatoms. The van der Waals surface area contributed by atoms with Gasteiger partial charge >= 0.3 is 5.63 Å². The van der Waals surface area contributed by atoms with Crippen molar-refractivity contribution in [1.82, 2.24) is 9.80 Å². The largest absolute Gasteiger partial charge is 0.464 e. The molecule has 172 valence electrons. The number of rotatable bonds is 5. The molecule has 0 bridgehead atoms. The number of fused-ring (bicyclic) bond motifs is 2. The third kappa shape index (κ3) is 4.32. The lowest BCUT2D eigenvalue weighted by atomic mass is 9.86. The molecule has 1 fully saturated rings. The van der Waals surface area contributed by atoms with Crippen molar-refractivity contribution in [2.24, 2.45) is 0 Å². The molecular formula is C25H32N2O5. The van der Waals surface area contributed by atoms with Gasteiger partial charge in [-0.05, 0) is 30.4 Å². The van der Waals surface area contributed by atoms with E-state index in [1.807, 2.05) is 17.9 Å². The van der Waals surface area contributed by atoms with Crippen LogP contribution in [0.4, 0.5) is 0 Å². The Morgan fingerprint density at radius 2 is 1.81 bits per heavy atom. The van der Waals surface area contributed by atoms with Gasteiger partial charge in [0.1, 0.15) is 11.2 Å². The molecular weight excluding hydrogens is 408 g/mol. The number of furan rings is 1. The summed E-state index contributed by atoms with van der Waals surface area (Å²) >= 11 is 0. The molecule has 1 saturated heterocycles. The summed E-state index contributed by atoms with van der Waals surface area (Å²) in [5.74, 6) is 0.0489. The van der Waals surface area contributed by atoms with E-state index in [0.717, 1.165) is 35.0 Å². The van der Waals surface area contributed by atoms with Crippen molar-refractivity contribution >= 4 is 27.8 Å². The first-order valence-corrected chi connectivity index (χ1v) is 11.3. The third-order valence-electron chi connectivity index (χ3n) is 6.52. The van der Waals surface area contributed by atoms with Gasteiger partial charge in [-0.15, -0.1) is 0 Å². The number of amides is 1. The molecule has 0 spiro atoms. The number of carbonyl (C=O) groups is 1. The van der Waals surface area contributed by atoms with Crippen LogP contribution in [0.5, 0.6) is 0 Å². The van der Waals surface area contributed by atoms with E-state index in [4.69, 9.17) is 13.9 Å². The zero-order valence-electron chi connectivity index (χ0n) is 19.4. The highest BCUT2D eigenvalue weighted by molar-refractivity contribution is 5.96. The van der Waals surface area contributed by atoms with Gasteiger partial charge in [-0.3, -0.25) is 9.69 Å². The Kier molecular flexibility index (Phi) is 6.14. The first kappa shape index (κ1) is 22.6. The van der Waals surface area contributed by atoms with E-state index in [1.54, 1.807) is 12.3 Å². The quantitative estimate of drug-likeness (QED) is 0.613. The van der Waals surface area contributed by atoms with Gasteiger partial charge in [-0.1, -0.05) is 20.8 Å². The lowest BCUT2D eigenvalue weighted by molar-refractivity contribution is -0.132. The number of carbonyl (C=O) groups excluding carboxylic acids is 1. The maximum Gasteiger partial charge on any atom is 0.339 e. The fourth-order valence-electron chi connectivity index (χ4n) is 4.53. The number of piperazine rings is 1. The highest BCUT2D eigenvalue weighted by atomic mass is 16.4. The molecule has 0 aliphatic carbocycles. The summed E-state index contributed by atoms with van der Waals surface area (Å²) in [6.07, 6.45) is 2.41. The minimum Gasteiger partial charge on any atom is -0.464 e. The summed E-state index contributed by atoms with van der Waals surface area (Å²) in [5.41, 5.74) is 3.27. The number of nitrogens with zero attached hydrogens (tertiary/aromatic N) is 2. The lowest BCUT2D eigenvalue weighted by Gasteiger charge is -2.34. The van der Waals surface area contributed by atoms with Gasteiger partial charge < -0.3 is 18.8 Å². The third-order valence-corrected chi connectivity index (χ3v) is 6.52. The predicted molar refractivity (Wildman–Crippen MR) is 124 cm³/mol. The van der Waals surface area contributed by atoms with Gasteiger partial charge in [0.2, 0.25) is 5.91 Å². The van der Waals surface area contributed by atoms with Crippen LogP contribution in [-0.4, -0.2) is 60.1 Å². The van der Waals surface area contributed by atoms with Crippen LogP contribution in [0.2, 0.25) is 0 Å². The first-order valence-electron chi connectivity index (χ1n) is 11.3. The first-order chi connectivity index (χ1) is 15.2. The van der Waals surface area contributed by atoms with Crippen LogP contribution in [-0.2, 0) is 16.6 Å². The minimum atomic E-state index is -0.391. The number of aryl methyl sites for hydroxylation is 1. The van der Waals surface area contributed by atoms with Gasteiger partial charge in [-0.2, -0.15) is 0 Å². The van der Waals surface area contributed by atoms with E-state index in [9.17, 15) is 9.59 Å². The molecule has 0 saturated carbocycles. The summed E-state index contributed by atoms with van der Waals surface area (Å²) in [6, 6.07) is 3.83. The molecule has 0 radical (unpaired) electrons. The summed E-state index contributed by atoms with van der Waals surface area (Å²) in [4.78, 5) is 29.4. The van der Waals surface area contributed by atoms with Crippen molar-refractivity contribution in [2.45, 2.75) is 46.0 Å². The van der Waals surface area contributed by atoms with Gasteiger partial charge in [0, 0.05) is 67.1 Å². The molecule has 1 aliphatic rings. The number of benzene rings is 1. The zero-order chi connectivity index (χ0) is 23.0. The zero-order valence-corrected chi connectivity index (χ0v) is 19.4. The summed E-state index contributed by atoms with van der Waals surface area (Å²) in [6.45, 7) is 11.9. The summed E-state index contributed by atoms with van der Waals surface area (Å²) in [7, 11) is 0. The smallest absolute Gasteiger partial charge is 0.339 e. The van der Waals surface area contributed by atoms with Crippen molar-refractivity contribution in [3.05, 3.63) is 45.5 Å². The van der Waals surface area contributed by atoms with Gasteiger partial charge in [0.25, 0.3) is 0 Å². The van der Waals surface area contributed by atoms with Gasteiger partial charge in [-0.25, -0.2) is 4.79 Å². The molecule has 1 amide bonds. The van der Waals surface area contributed by atoms with E-state index in [-0.39, 0.29) is 24.3 Å². The molecule has 1 aliphatic heterocycles. The fourth-order valence-corrected chi connectivity index (χ4v) is 4.53. The second-order valence-electron chi connectivity index (χ2n) is 9.68. The number of aliphatic hydroxyl groups excluding tert-OH is 1. The Morgan fingerprint density at radius 1 is 1.09 bits per heavy atom. The Hall–Kier alpha value is -2.64. The molecule has 0 unspecified atom stereocenters. The Labute approximate surface area is 187 Å². The summed E-state index contributed by atoms with van der Waals surface area (Å²) in [5, 5.41) is 11.0. The highest BCUT2D eigenvalue weighted by Gasteiger charge is 2.23. The van der Waals surface area contributed by atoms with Crippen LogP contribution in [0, 0.1) is 6.92 Å². The van der Waals surface area contributed by atoms with Crippen molar-refractivity contribution in [2.75, 3.05) is 39.3 Å². The Morgan fingerprint density at radius 3 is 2.47 bits per heavy atom. The van der Waals surface area contributed by atoms with Crippen molar-refractivity contribution in [3.8, 4) is 0 Å². The van der Waals surface area contributed by atoms with E-state index >= 15 is 0 Å². The van der Waals surface area contributed by atoms with Crippen molar-refractivity contribution in [3.63, 3.8) is 0 Å². The molecule has 2 aromatic heterocycles. The minimum absolute atomic E-state index is 0.0489. The van der Waals surface area contributed by atoms with Crippen LogP contribution < -0.4 is 5.63 Å². The van der Waals surface area contributed by atoms with Crippen LogP contribution in [0.1, 0.15) is 43.9 Å². The molecule has 32 heavy (non-hydrogen) atoms. The number of hydrogen-bond donors (Lipinski definition) is 1. The standard InChI is InChI=1S/C25H32N2O5/c1-16-17(5-6-23(29)27-9-7-26(8-10-27)11-12-28)24(30)32-22-14-21-19(13-18(16)22)20(15-31-21)25(2,3)4/h13-15,28H,5-12H2,1-4H3. The van der Waals surface area contributed by atoms with Crippen molar-refractivity contribution < 1.29 is 18.7 Å². The van der Waals surface area contributed by atoms with Crippen LogP contribution in [0.15, 0.2) is 32.0 Å². The molecule has 4 rings (SSSR count). The van der Waals surface area contributed by atoms with Crippen LogP contribution in [0.25, 0.3) is 21.9 Å². The summed E-state index contributed by atoms with van der Waals surface area (Å²) < 4.78 is 11.4. The topological polar surface area (TPSA) is 87.1 Å². The van der Waals surface area contributed by atoms with E-state index < -0.39 is 5.63 Å². The predicted octanol–water partition coefficient (Wildman–Crippen LogP) is 3.21. The fraction of sp³-hybridized carbons (Fsp3) is 0.520. The molecule has 1 aromatic carbocycles. The highest BCUT2D eigenvalue weighted by Crippen LogP contribution is 2.35. The average Bonchev–Trinajstić information content (AvgIpc) is 3.16. The number of aliphatic hydroxyl groups is 1. The maximum absolute atomic E-state index is 12.7. The van der Waals surface area contributed by atoms with Gasteiger partial charge in [0.15, 0.2) is 0 Å². The normalized spacial score (nSPS) is 15.7. The number of hydrogen-bond acceptors (Lipinski definition) is 6. The second kappa shape index (κ2) is 8.71. The molecule has 1 N–H and O–H groups in total. The second-order valence-corrected chi connectivity index (χ2v) is 9.68. The maximum atomic E-state index is 12.7. The van der Waals surface area contributed by atoms with E-state index in [0.29, 0.717) is 42.8 Å². The average molecular weight is 441 g/mol.